The molecule has 28 heavy (non-hydrogen) atoms. The number of benzene rings is 1. The second-order valence-corrected chi connectivity index (χ2v) is 7.16. The van der Waals surface area contributed by atoms with Crippen LogP contribution in [0.4, 0.5) is 10.2 Å². The van der Waals surface area contributed by atoms with Gasteiger partial charge in [-0.3, -0.25) is 9.59 Å². The summed E-state index contributed by atoms with van der Waals surface area (Å²) >= 11 is 0. The Balaban J connectivity index is 1.43. The van der Waals surface area contributed by atoms with Crippen molar-refractivity contribution in [1.29, 1.82) is 0 Å². The Morgan fingerprint density at radius 1 is 0.857 bits per heavy atom. The highest BCUT2D eigenvalue weighted by atomic mass is 19.1. The summed E-state index contributed by atoms with van der Waals surface area (Å²) in [6.07, 6.45) is 3.95. The van der Waals surface area contributed by atoms with E-state index in [1.54, 1.807) is 28.1 Å². The molecule has 0 N–H and O–H groups in total. The molecule has 0 radical (unpaired) electrons. The summed E-state index contributed by atoms with van der Waals surface area (Å²) < 4.78 is 13.4. The third-order valence-corrected chi connectivity index (χ3v) is 5.35. The van der Waals surface area contributed by atoms with E-state index < -0.39 is 5.82 Å². The minimum absolute atomic E-state index is 0.0483. The Kier molecular flexibility index (Phi) is 5.23. The van der Waals surface area contributed by atoms with Crippen molar-refractivity contribution >= 4 is 17.6 Å². The molecule has 3 heterocycles. The van der Waals surface area contributed by atoms with Gasteiger partial charge in [-0.05, 0) is 43.2 Å². The molecule has 2 saturated heterocycles. The number of piperazine rings is 1. The summed E-state index contributed by atoms with van der Waals surface area (Å²) in [6, 6.07) is 9.33. The summed E-state index contributed by atoms with van der Waals surface area (Å²) in [5.41, 5.74) is 0.956. The number of carbonyl (C=O) groups is 2. The molecule has 4 rings (SSSR count). The van der Waals surface area contributed by atoms with Crippen LogP contribution >= 0.6 is 0 Å². The van der Waals surface area contributed by atoms with Crippen LogP contribution in [0.15, 0.2) is 42.6 Å². The SMILES string of the molecule is O=C(c1cccc(F)c1)N1CCN(C(=O)c2cccnc2N2CCCC2)CC1. The first-order valence-electron chi connectivity index (χ1n) is 9.67. The van der Waals surface area contributed by atoms with E-state index in [9.17, 15) is 14.0 Å². The minimum atomic E-state index is -0.425. The van der Waals surface area contributed by atoms with Gasteiger partial charge in [-0.2, -0.15) is 0 Å². The maximum Gasteiger partial charge on any atom is 0.257 e. The molecular weight excluding hydrogens is 359 g/mol. The normalized spacial score (nSPS) is 17.1. The van der Waals surface area contributed by atoms with Gasteiger partial charge in [0.05, 0.1) is 5.56 Å². The van der Waals surface area contributed by atoms with Crippen LogP contribution in [0.5, 0.6) is 0 Å². The average Bonchev–Trinajstić information content (AvgIpc) is 3.28. The van der Waals surface area contributed by atoms with Crippen LogP contribution in [0.1, 0.15) is 33.6 Å². The smallest absolute Gasteiger partial charge is 0.257 e. The van der Waals surface area contributed by atoms with Crippen molar-refractivity contribution in [1.82, 2.24) is 14.8 Å². The second kappa shape index (κ2) is 7.96. The van der Waals surface area contributed by atoms with Crippen LogP contribution in [-0.2, 0) is 0 Å². The molecule has 0 unspecified atom stereocenters. The molecule has 2 amide bonds. The van der Waals surface area contributed by atoms with Gasteiger partial charge in [0.1, 0.15) is 11.6 Å². The van der Waals surface area contributed by atoms with Crippen LogP contribution in [0.25, 0.3) is 0 Å². The van der Waals surface area contributed by atoms with Crippen LogP contribution < -0.4 is 4.90 Å². The molecule has 1 aromatic carbocycles. The number of hydrogen-bond acceptors (Lipinski definition) is 4. The molecule has 0 bridgehead atoms. The number of anilines is 1. The van der Waals surface area contributed by atoms with Gasteiger partial charge in [0.15, 0.2) is 0 Å². The summed E-state index contributed by atoms with van der Waals surface area (Å²) in [6.45, 7) is 3.61. The molecular formula is C21H23FN4O2. The van der Waals surface area contributed by atoms with Crippen molar-refractivity contribution in [2.75, 3.05) is 44.2 Å². The lowest BCUT2D eigenvalue weighted by atomic mass is 10.1. The summed E-state index contributed by atoms with van der Waals surface area (Å²) in [4.78, 5) is 35.7. The monoisotopic (exact) mass is 382 g/mol. The number of pyridine rings is 1. The summed E-state index contributed by atoms with van der Waals surface area (Å²) in [7, 11) is 0. The Hall–Kier alpha value is -2.96. The molecule has 0 aliphatic carbocycles. The molecule has 2 fully saturated rings. The lowest BCUT2D eigenvalue weighted by Crippen LogP contribution is -2.50. The van der Waals surface area contributed by atoms with Crippen molar-refractivity contribution < 1.29 is 14.0 Å². The van der Waals surface area contributed by atoms with Gasteiger partial charge in [-0.15, -0.1) is 0 Å². The molecule has 0 atom stereocenters. The largest absolute Gasteiger partial charge is 0.356 e. The minimum Gasteiger partial charge on any atom is -0.356 e. The first-order chi connectivity index (χ1) is 13.6. The van der Waals surface area contributed by atoms with Crippen LogP contribution in [0, 0.1) is 5.82 Å². The standard InChI is InChI=1S/C21H23FN4O2/c22-17-6-3-5-16(15-17)20(27)25-11-13-26(14-12-25)21(28)18-7-4-8-23-19(18)24-9-1-2-10-24/h3-8,15H,1-2,9-14H2. The Morgan fingerprint density at radius 3 is 2.21 bits per heavy atom. The fraction of sp³-hybridized carbons (Fsp3) is 0.381. The van der Waals surface area contributed by atoms with E-state index in [-0.39, 0.29) is 11.8 Å². The van der Waals surface area contributed by atoms with Crippen LogP contribution in [-0.4, -0.2) is 65.9 Å². The van der Waals surface area contributed by atoms with Gasteiger partial charge in [-0.25, -0.2) is 9.37 Å². The first kappa shape index (κ1) is 18.4. The molecule has 7 heteroatoms. The number of hydrogen-bond donors (Lipinski definition) is 0. The van der Waals surface area contributed by atoms with Crippen molar-refractivity contribution in [3.8, 4) is 0 Å². The molecule has 0 saturated carbocycles. The van der Waals surface area contributed by atoms with Gasteiger partial charge in [0, 0.05) is 51.0 Å². The van der Waals surface area contributed by atoms with Crippen LogP contribution in [0.3, 0.4) is 0 Å². The highest BCUT2D eigenvalue weighted by Crippen LogP contribution is 2.23. The molecule has 6 nitrogen and oxygen atoms in total. The quantitative estimate of drug-likeness (QED) is 0.818. The molecule has 0 spiro atoms. The lowest BCUT2D eigenvalue weighted by molar-refractivity contribution is 0.0535. The second-order valence-electron chi connectivity index (χ2n) is 7.16. The van der Waals surface area contributed by atoms with E-state index in [1.807, 2.05) is 6.07 Å². The van der Waals surface area contributed by atoms with Crippen molar-refractivity contribution in [2.24, 2.45) is 0 Å². The van der Waals surface area contributed by atoms with Crippen molar-refractivity contribution in [2.45, 2.75) is 12.8 Å². The number of amides is 2. The molecule has 2 aromatic rings. The Bertz CT molecular complexity index is 874. The van der Waals surface area contributed by atoms with E-state index in [1.165, 1.54) is 18.2 Å². The fourth-order valence-corrected chi connectivity index (χ4v) is 3.83. The third-order valence-electron chi connectivity index (χ3n) is 5.35. The van der Waals surface area contributed by atoms with Crippen LogP contribution in [0.2, 0.25) is 0 Å². The van der Waals surface area contributed by atoms with E-state index in [0.717, 1.165) is 31.7 Å². The highest BCUT2D eigenvalue weighted by molar-refractivity contribution is 5.99. The number of nitrogens with zero attached hydrogens (tertiary/aromatic N) is 4. The molecule has 146 valence electrons. The van der Waals surface area contributed by atoms with Gasteiger partial charge in [0.2, 0.25) is 0 Å². The maximum atomic E-state index is 13.4. The summed E-state index contributed by atoms with van der Waals surface area (Å²) in [5, 5.41) is 0. The van der Waals surface area contributed by atoms with Crippen molar-refractivity contribution in [3.05, 3.63) is 59.5 Å². The van der Waals surface area contributed by atoms with Gasteiger partial charge >= 0.3 is 0 Å². The van der Waals surface area contributed by atoms with Crippen molar-refractivity contribution in [3.63, 3.8) is 0 Å². The predicted molar refractivity (Wildman–Crippen MR) is 104 cm³/mol. The van der Waals surface area contributed by atoms with E-state index in [2.05, 4.69) is 9.88 Å². The van der Waals surface area contributed by atoms with Gasteiger partial charge < -0.3 is 14.7 Å². The maximum absolute atomic E-state index is 13.4. The Morgan fingerprint density at radius 2 is 1.54 bits per heavy atom. The number of aromatic nitrogens is 1. The first-order valence-corrected chi connectivity index (χ1v) is 9.67. The number of rotatable bonds is 3. The average molecular weight is 382 g/mol. The van der Waals surface area contributed by atoms with E-state index in [0.29, 0.717) is 37.3 Å². The van der Waals surface area contributed by atoms with Gasteiger partial charge in [0.25, 0.3) is 11.8 Å². The zero-order valence-electron chi connectivity index (χ0n) is 15.7. The fourth-order valence-electron chi connectivity index (χ4n) is 3.83. The van der Waals surface area contributed by atoms with Gasteiger partial charge in [-0.1, -0.05) is 6.07 Å². The number of carbonyl (C=O) groups excluding carboxylic acids is 2. The molecule has 2 aliphatic rings. The topological polar surface area (TPSA) is 56.8 Å². The zero-order valence-corrected chi connectivity index (χ0v) is 15.7. The summed E-state index contributed by atoms with van der Waals surface area (Å²) in [5.74, 6) is 0.0764. The Labute approximate surface area is 163 Å². The predicted octanol–water partition coefficient (Wildman–Crippen LogP) is 2.42. The third kappa shape index (κ3) is 3.69. The molecule has 2 aliphatic heterocycles. The molecule has 1 aromatic heterocycles. The van der Waals surface area contributed by atoms with E-state index in [4.69, 9.17) is 0 Å². The highest BCUT2D eigenvalue weighted by Gasteiger charge is 2.28. The zero-order chi connectivity index (χ0) is 19.5. The number of halogens is 1. The van der Waals surface area contributed by atoms with E-state index >= 15 is 0 Å². The lowest BCUT2D eigenvalue weighted by Gasteiger charge is -2.35.